The van der Waals surface area contributed by atoms with E-state index in [-0.39, 0.29) is 6.03 Å². The van der Waals surface area contributed by atoms with E-state index in [0.717, 1.165) is 35.5 Å². The maximum Gasteiger partial charge on any atom is 0.317 e. The van der Waals surface area contributed by atoms with E-state index in [0.29, 0.717) is 26.2 Å². The first-order valence-electron chi connectivity index (χ1n) is 8.90. The summed E-state index contributed by atoms with van der Waals surface area (Å²) in [5.74, 6) is 0.980. The number of nitrogens with one attached hydrogen (secondary N) is 1. The van der Waals surface area contributed by atoms with Crippen molar-refractivity contribution < 1.29 is 9.53 Å². The smallest absolute Gasteiger partial charge is 0.317 e. The van der Waals surface area contributed by atoms with Gasteiger partial charge in [0.1, 0.15) is 0 Å². The van der Waals surface area contributed by atoms with Crippen molar-refractivity contribution in [3.63, 3.8) is 0 Å². The first-order valence-corrected chi connectivity index (χ1v) is 8.90. The molecule has 0 saturated carbocycles. The highest BCUT2D eigenvalue weighted by Gasteiger charge is 2.23. The van der Waals surface area contributed by atoms with Crippen LogP contribution in [0.3, 0.4) is 0 Å². The van der Waals surface area contributed by atoms with Crippen LogP contribution < -0.4 is 10.2 Å². The molecule has 3 aromatic rings. The molecule has 26 heavy (non-hydrogen) atoms. The van der Waals surface area contributed by atoms with Crippen LogP contribution in [0.25, 0.3) is 16.6 Å². The van der Waals surface area contributed by atoms with Crippen LogP contribution in [0.15, 0.2) is 42.6 Å². The van der Waals surface area contributed by atoms with Gasteiger partial charge in [0.25, 0.3) is 0 Å². The van der Waals surface area contributed by atoms with Gasteiger partial charge < -0.3 is 24.3 Å². The van der Waals surface area contributed by atoms with Gasteiger partial charge in [0, 0.05) is 46.0 Å². The molecular formula is C19H23N5O2. The molecule has 0 atom stereocenters. The Morgan fingerprint density at radius 3 is 2.69 bits per heavy atom. The second-order valence-electron chi connectivity index (χ2n) is 6.39. The Morgan fingerprint density at radius 2 is 1.88 bits per heavy atom. The number of hydrogen-bond acceptors (Lipinski definition) is 4. The Bertz CT molecular complexity index is 915. The second-order valence-corrected chi connectivity index (χ2v) is 6.39. The van der Waals surface area contributed by atoms with Gasteiger partial charge in [-0.2, -0.15) is 0 Å². The SMILES string of the molecule is COCCNC(=O)N1CCN(c2nc3ccccc3n3cccc23)CC1. The summed E-state index contributed by atoms with van der Waals surface area (Å²) < 4.78 is 7.15. The van der Waals surface area contributed by atoms with E-state index in [1.165, 1.54) is 0 Å². The van der Waals surface area contributed by atoms with Gasteiger partial charge in [0.15, 0.2) is 5.82 Å². The van der Waals surface area contributed by atoms with E-state index in [4.69, 9.17) is 9.72 Å². The average Bonchev–Trinajstić information content (AvgIpc) is 3.18. The summed E-state index contributed by atoms with van der Waals surface area (Å²) >= 11 is 0. The lowest BCUT2D eigenvalue weighted by atomic mass is 10.2. The Hall–Kier alpha value is -2.80. The number of urea groups is 1. The molecular weight excluding hydrogens is 330 g/mol. The van der Waals surface area contributed by atoms with Crippen LogP contribution >= 0.6 is 0 Å². The summed E-state index contributed by atoms with van der Waals surface area (Å²) in [5.41, 5.74) is 3.18. The highest BCUT2D eigenvalue weighted by molar-refractivity contribution is 5.85. The molecule has 1 aliphatic heterocycles. The molecule has 1 aromatic carbocycles. The molecule has 2 amide bonds. The number of ether oxygens (including phenoxy) is 1. The van der Waals surface area contributed by atoms with Crippen molar-refractivity contribution in [1.82, 2.24) is 19.6 Å². The minimum absolute atomic E-state index is 0.0268. The molecule has 1 fully saturated rings. The first kappa shape index (κ1) is 16.7. The Labute approximate surface area is 152 Å². The first-order chi connectivity index (χ1) is 12.8. The van der Waals surface area contributed by atoms with Crippen LogP contribution in [0.1, 0.15) is 0 Å². The standard InChI is InChI=1S/C19H23N5O2/c1-26-14-8-20-19(25)23-12-10-22(11-13-23)18-17-7-4-9-24(17)16-6-3-2-5-15(16)21-18/h2-7,9H,8,10-14H2,1H3,(H,20,25). The van der Waals surface area contributed by atoms with Gasteiger partial charge in [-0.05, 0) is 24.3 Å². The van der Waals surface area contributed by atoms with Crippen LogP contribution in [0, 0.1) is 0 Å². The Balaban J connectivity index is 1.52. The number of para-hydroxylation sites is 2. The molecule has 1 aliphatic rings. The molecule has 4 rings (SSSR count). The number of amides is 2. The van der Waals surface area contributed by atoms with Crippen LogP contribution in [0.2, 0.25) is 0 Å². The largest absolute Gasteiger partial charge is 0.383 e. The number of carbonyl (C=O) groups is 1. The highest BCUT2D eigenvalue weighted by atomic mass is 16.5. The van der Waals surface area contributed by atoms with Gasteiger partial charge in [-0.15, -0.1) is 0 Å². The summed E-state index contributed by atoms with van der Waals surface area (Å²) in [6.45, 7) is 3.96. The molecule has 0 unspecified atom stereocenters. The zero-order chi connectivity index (χ0) is 17.9. The van der Waals surface area contributed by atoms with Gasteiger partial charge in [-0.3, -0.25) is 0 Å². The van der Waals surface area contributed by atoms with Crippen molar-refractivity contribution in [1.29, 1.82) is 0 Å². The number of methoxy groups -OCH3 is 1. The third-order valence-corrected chi connectivity index (χ3v) is 4.79. The van der Waals surface area contributed by atoms with Crippen molar-refractivity contribution in [2.24, 2.45) is 0 Å². The van der Waals surface area contributed by atoms with Crippen LogP contribution in [0.4, 0.5) is 10.6 Å². The van der Waals surface area contributed by atoms with Gasteiger partial charge >= 0.3 is 6.03 Å². The van der Waals surface area contributed by atoms with Crippen molar-refractivity contribution in [3.05, 3.63) is 42.6 Å². The van der Waals surface area contributed by atoms with E-state index in [2.05, 4.69) is 32.9 Å². The number of hydrogen-bond donors (Lipinski definition) is 1. The van der Waals surface area contributed by atoms with Crippen molar-refractivity contribution in [3.8, 4) is 0 Å². The zero-order valence-electron chi connectivity index (χ0n) is 14.9. The minimum Gasteiger partial charge on any atom is -0.383 e. The number of piperazine rings is 1. The van der Waals surface area contributed by atoms with E-state index in [1.54, 1.807) is 7.11 Å². The quantitative estimate of drug-likeness (QED) is 0.729. The highest BCUT2D eigenvalue weighted by Crippen LogP contribution is 2.26. The Morgan fingerprint density at radius 1 is 1.12 bits per heavy atom. The fourth-order valence-corrected chi connectivity index (χ4v) is 3.43. The summed E-state index contributed by atoms with van der Waals surface area (Å²) in [5, 5.41) is 2.88. The molecule has 7 heteroatoms. The molecule has 1 saturated heterocycles. The van der Waals surface area contributed by atoms with E-state index in [1.807, 2.05) is 29.2 Å². The summed E-state index contributed by atoms with van der Waals surface area (Å²) in [6, 6.07) is 12.3. The second kappa shape index (κ2) is 7.21. The van der Waals surface area contributed by atoms with Crippen LogP contribution in [-0.4, -0.2) is 66.8 Å². The Kier molecular flexibility index (Phi) is 4.62. The average molecular weight is 353 g/mol. The summed E-state index contributed by atoms with van der Waals surface area (Å²) in [4.78, 5) is 21.2. The maximum atomic E-state index is 12.2. The fourth-order valence-electron chi connectivity index (χ4n) is 3.43. The molecule has 3 heterocycles. The molecule has 136 valence electrons. The lowest BCUT2D eigenvalue weighted by Crippen LogP contribution is -2.52. The van der Waals surface area contributed by atoms with E-state index in [9.17, 15) is 4.79 Å². The van der Waals surface area contributed by atoms with Crippen LogP contribution in [0.5, 0.6) is 0 Å². The lowest BCUT2D eigenvalue weighted by Gasteiger charge is -2.35. The van der Waals surface area contributed by atoms with Gasteiger partial charge in [0.05, 0.1) is 23.2 Å². The number of benzene rings is 1. The topological polar surface area (TPSA) is 62.1 Å². The number of carbonyl (C=O) groups excluding carboxylic acids is 1. The number of rotatable bonds is 4. The third-order valence-electron chi connectivity index (χ3n) is 4.79. The van der Waals surface area contributed by atoms with E-state index < -0.39 is 0 Å². The minimum atomic E-state index is -0.0268. The van der Waals surface area contributed by atoms with Gasteiger partial charge in [-0.1, -0.05) is 12.1 Å². The number of aromatic nitrogens is 2. The third kappa shape index (κ3) is 3.06. The van der Waals surface area contributed by atoms with Crippen molar-refractivity contribution in [2.75, 3.05) is 51.3 Å². The monoisotopic (exact) mass is 353 g/mol. The number of nitrogens with zero attached hydrogens (tertiary/aromatic N) is 4. The zero-order valence-corrected chi connectivity index (χ0v) is 14.9. The molecule has 0 aliphatic carbocycles. The van der Waals surface area contributed by atoms with E-state index >= 15 is 0 Å². The molecule has 0 bridgehead atoms. The van der Waals surface area contributed by atoms with Gasteiger partial charge in [0.2, 0.25) is 0 Å². The number of anilines is 1. The van der Waals surface area contributed by atoms with Crippen molar-refractivity contribution >= 4 is 28.4 Å². The summed E-state index contributed by atoms with van der Waals surface area (Å²) in [7, 11) is 1.63. The maximum absolute atomic E-state index is 12.2. The molecule has 0 radical (unpaired) electrons. The summed E-state index contributed by atoms with van der Waals surface area (Å²) in [6.07, 6.45) is 2.07. The van der Waals surface area contributed by atoms with Gasteiger partial charge in [-0.25, -0.2) is 9.78 Å². The fraction of sp³-hybridized carbons (Fsp3) is 0.368. The molecule has 1 N–H and O–H groups in total. The molecule has 0 spiro atoms. The lowest BCUT2D eigenvalue weighted by molar-refractivity contribution is 0.177. The predicted molar refractivity (Wildman–Crippen MR) is 102 cm³/mol. The molecule has 2 aromatic heterocycles. The molecule has 7 nitrogen and oxygen atoms in total. The number of fused-ring (bicyclic) bond motifs is 3. The predicted octanol–water partition coefficient (Wildman–Crippen LogP) is 1.97. The van der Waals surface area contributed by atoms with Crippen molar-refractivity contribution in [2.45, 2.75) is 0 Å². The van der Waals surface area contributed by atoms with Crippen LogP contribution in [-0.2, 0) is 4.74 Å². The normalized spacial score (nSPS) is 15.0.